The lowest BCUT2D eigenvalue weighted by atomic mass is 9.88. The molecule has 0 N–H and O–H groups in total. The molecule has 0 aromatic heterocycles. The Morgan fingerprint density at radius 2 is 1.17 bits per heavy atom. The minimum atomic E-state index is -0.358. The molecule has 152 valence electrons. The number of rotatable bonds is 5. The van der Waals surface area contributed by atoms with Gasteiger partial charge in [-0.25, -0.2) is 9.59 Å². The van der Waals surface area contributed by atoms with E-state index >= 15 is 0 Å². The molecule has 3 aromatic rings. The molecule has 0 radical (unpaired) electrons. The van der Waals surface area contributed by atoms with Gasteiger partial charge in [-0.05, 0) is 77.6 Å². The van der Waals surface area contributed by atoms with Crippen LogP contribution in [-0.2, 0) is 9.47 Å². The van der Waals surface area contributed by atoms with E-state index in [1.165, 1.54) is 14.2 Å². The van der Waals surface area contributed by atoms with Crippen LogP contribution in [-0.4, -0.2) is 26.2 Å². The van der Waals surface area contributed by atoms with E-state index < -0.39 is 0 Å². The Morgan fingerprint density at radius 3 is 1.57 bits per heavy atom. The highest BCUT2D eigenvalue weighted by Gasteiger charge is 2.13. The fraction of sp³-hybridized carbons (Fsp3) is 0.154. The van der Waals surface area contributed by atoms with E-state index in [1.54, 1.807) is 24.3 Å². The first-order valence-corrected chi connectivity index (χ1v) is 9.53. The highest BCUT2D eigenvalue weighted by molar-refractivity contribution is 5.92. The second-order valence-electron chi connectivity index (χ2n) is 7.13. The molecule has 0 aliphatic heterocycles. The summed E-state index contributed by atoms with van der Waals surface area (Å²) in [6, 6.07) is 19.0. The molecule has 0 heterocycles. The number of carbonyl (C=O) groups excluding carboxylic acids is 2. The molecule has 4 heteroatoms. The number of hydrogen-bond acceptors (Lipinski definition) is 4. The second-order valence-corrected chi connectivity index (χ2v) is 7.13. The van der Waals surface area contributed by atoms with Crippen molar-refractivity contribution < 1.29 is 19.1 Å². The highest BCUT2D eigenvalue weighted by Crippen LogP contribution is 2.35. The van der Waals surface area contributed by atoms with E-state index in [1.807, 2.05) is 31.2 Å². The first-order chi connectivity index (χ1) is 14.3. The average Bonchev–Trinajstić information content (AvgIpc) is 2.77. The number of benzene rings is 3. The van der Waals surface area contributed by atoms with Crippen LogP contribution in [0.4, 0.5) is 0 Å². The van der Waals surface area contributed by atoms with Gasteiger partial charge in [0.15, 0.2) is 0 Å². The van der Waals surface area contributed by atoms with Gasteiger partial charge in [0.05, 0.1) is 25.3 Å². The third kappa shape index (κ3) is 4.18. The highest BCUT2D eigenvalue weighted by atomic mass is 16.5. The van der Waals surface area contributed by atoms with Crippen molar-refractivity contribution in [1.82, 2.24) is 0 Å². The zero-order chi connectivity index (χ0) is 21.8. The number of allylic oxidation sites excluding steroid dienone is 1. The van der Waals surface area contributed by atoms with Gasteiger partial charge >= 0.3 is 11.9 Å². The Balaban J connectivity index is 2.06. The second kappa shape index (κ2) is 8.78. The summed E-state index contributed by atoms with van der Waals surface area (Å²) in [5.41, 5.74) is 8.21. The first kappa shape index (κ1) is 21.1. The van der Waals surface area contributed by atoms with E-state index in [9.17, 15) is 9.59 Å². The van der Waals surface area contributed by atoms with Crippen LogP contribution in [0.3, 0.4) is 0 Å². The van der Waals surface area contributed by atoms with Crippen LogP contribution in [0.25, 0.3) is 27.8 Å². The van der Waals surface area contributed by atoms with E-state index in [0.29, 0.717) is 11.1 Å². The predicted octanol–water partition coefficient (Wildman–Crippen LogP) is 5.94. The molecule has 30 heavy (non-hydrogen) atoms. The van der Waals surface area contributed by atoms with Crippen molar-refractivity contribution in [2.75, 3.05) is 14.2 Å². The van der Waals surface area contributed by atoms with Gasteiger partial charge in [-0.15, -0.1) is 0 Å². The van der Waals surface area contributed by atoms with Crippen molar-refractivity contribution in [1.29, 1.82) is 0 Å². The van der Waals surface area contributed by atoms with Gasteiger partial charge in [-0.1, -0.05) is 42.5 Å². The van der Waals surface area contributed by atoms with Crippen LogP contribution in [0.1, 0.15) is 38.8 Å². The molecule has 0 aliphatic carbocycles. The largest absolute Gasteiger partial charge is 0.465 e. The van der Waals surface area contributed by atoms with Crippen LogP contribution < -0.4 is 0 Å². The van der Waals surface area contributed by atoms with Crippen molar-refractivity contribution >= 4 is 17.5 Å². The minimum Gasteiger partial charge on any atom is -0.465 e. The average molecular weight is 400 g/mol. The third-order valence-electron chi connectivity index (χ3n) is 5.06. The normalized spacial score (nSPS) is 10.4. The van der Waals surface area contributed by atoms with Crippen molar-refractivity contribution in [3.05, 3.63) is 89.5 Å². The molecule has 0 amide bonds. The van der Waals surface area contributed by atoms with Gasteiger partial charge in [0.25, 0.3) is 0 Å². The fourth-order valence-corrected chi connectivity index (χ4v) is 3.42. The minimum absolute atomic E-state index is 0.355. The summed E-state index contributed by atoms with van der Waals surface area (Å²) in [4.78, 5) is 23.4. The molecule has 0 saturated carbocycles. The lowest BCUT2D eigenvalue weighted by molar-refractivity contribution is 0.0592. The standard InChI is InChI=1S/C26H24O4/c1-16(2)22-15-23(18-6-10-20(11-7-18)25(27)29-4)17(3)14-24(22)19-8-12-21(13-9-19)26(28)30-5/h6-15H,1H2,2-5H3. The van der Waals surface area contributed by atoms with E-state index in [4.69, 9.17) is 9.47 Å². The Kier molecular flexibility index (Phi) is 6.17. The van der Waals surface area contributed by atoms with Gasteiger partial charge in [-0.2, -0.15) is 0 Å². The smallest absolute Gasteiger partial charge is 0.337 e. The summed E-state index contributed by atoms with van der Waals surface area (Å²) in [6.45, 7) is 8.18. The van der Waals surface area contributed by atoms with Crippen molar-refractivity contribution in [2.24, 2.45) is 0 Å². The van der Waals surface area contributed by atoms with Crippen molar-refractivity contribution in [3.63, 3.8) is 0 Å². The molecule has 3 aromatic carbocycles. The van der Waals surface area contributed by atoms with Crippen molar-refractivity contribution in [2.45, 2.75) is 13.8 Å². The van der Waals surface area contributed by atoms with Crippen LogP contribution in [0.2, 0.25) is 0 Å². The summed E-state index contributed by atoms with van der Waals surface area (Å²) in [5.74, 6) is -0.713. The molecule has 0 unspecified atom stereocenters. The van der Waals surface area contributed by atoms with Crippen molar-refractivity contribution in [3.8, 4) is 22.3 Å². The maximum absolute atomic E-state index is 11.7. The molecule has 0 saturated heterocycles. The predicted molar refractivity (Wildman–Crippen MR) is 119 cm³/mol. The van der Waals surface area contributed by atoms with Gasteiger partial charge in [0, 0.05) is 0 Å². The quantitative estimate of drug-likeness (QED) is 0.498. The zero-order valence-electron chi connectivity index (χ0n) is 17.6. The number of carbonyl (C=O) groups is 2. The molecule has 3 rings (SSSR count). The van der Waals surface area contributed by atoms with Gasteiger partial charge < -0.3 is 9.47 Å². The molecule has 0 spiro atoms. The maximum atomic E-state index is 11.7. The molecule has 0 atom stereocenters. The Labute approximate surface area is 176 Å². The molecule has 0 bridgehead atoms. The summed E-state index contributed by atoms with van der Waals surface area (Å²) in [7, 11) is 2.74. The van der Waals surface area contributed by atoms with Crippen LogP contribution >= 0.6 is 0 Å². The molecular weight excluding hydrogens is 376 g/mol. The van der Waals surface area contributed by atoms with Gasteiger partial charge in [-0.3, -0.25) is 0 Å². The summed E-state index contributed by atoms with van der Waals surface area (Å²) in [6.07, 6.45) is 0. The lowest BCUT2D eigenvalue weighted by Crippen LogP contribution is -2.01. The molecule has 4 nitrogen and oxygen atoms in total. The molecule has 0 fully saturated rings. The van der Waals surface area contributed by atoms with E-state index in [-0.39, 0.29) is 11.9 Å². The maximum Gasteiger partial charge on any atom is 0.337 e. The van der Waals surface area contributed by atoms with Crippen LogP contribution in [0.15, 0.2) is 67.2 Å². The summed E-state index contributed by atoms with van der Waals surface area (Å²) in [5, 5.41) is 0. The SMILES string of the molecule is C=C(C)c1cc(-c2ccc(C(=O)OC)cc2)c(C)cc1-c1ccc(C(=O)OC)cc1. The van der Waals surface area contributed by atoms with Crippen LogP contribution in [0.5, 0.6) is 0 Å². The first-order valence-electron chi connectivity index (χ1n) is 9.53. The fourth-order valence-electron chi connectivity index (χ4n) is 3.42. The summed E-state index contributed by atoms with van der Waals surface area (Å²) < 4.78 is 9.55. The molecular formula is C26H24O4. The monoisotopic (exact) mass is 400 g/mol. The van der Waals surface area contributed by atoms with Gasteiger partial charge in [0.2, 0.25) is 0 Å². The Morgan fingerprint density at radius 1 is 0.733 bits per heavy atom. The number of ether oxygens (including phenoxy) is 2. The number of methoxy groups -OCH3 is 2. The van der Waals surface area contributed by atoms with Gasteiger partial charge in [0.1, 0.15) is 0 Å². The molecule has 0 aliphatic rings. The number of aryl methyl sites for hydroxylation is 1. The zero-order valence-corrected chi connectivity index (χ0v) is 17.6. The summed E-state index contributed by atoms with van der Waals surface area (Å²) >= 11 is 0. The van der Waals surface area contributed by atoms with E-state index in [2.05, 4.69) is 25.6 Å². The number of esters is 2. The van der Waals surface area contributed by atoms with E-state index in [0.717, 1.165) is 39.0 Å². The van der Waals surface area contributed by atoms with Crippen LogP contribution in [0, 0.1) is 6.92 Å². The Hall–Kier alpha value is -3.66. The Bertz CT molecular complexity index is 1110. The third-order valence-corrected chi connectivity index (χ3v) is 5.06. The number of hydrogen-bond donors (Lipinski definition) is 0. The lowest BCUT2D eigenvalue weighted by Gasteiger charge is -2.16. The topological polar surface area (TPSA) is 52.6 Å².